The number of nitrogens with zero attached hydrogens (tertiary/aromatic N) is 1. The maximum atomic E-state index is 12.1. The molecule has 2 heterocycles. The van der Waals surface area contributed by atoms with Gasteiger partial charge in [0.05, 0.1) is 12.6 Å². The Morgan fingerprint density at radius 3 is 3.00 bits per heavy atom. The summed E-state index contributed by atoms with van der Waals surface area (Å²) in [4.78, 5) is 14.2. The number of hydrogen-bond donors (Lipinski definition) is 1. The summed E-state index contributed by atoms with van der Waals surface area (Å²) >= 11 is 0. The van der Waals surface area contributed by atoms with Crippen molar-refractivity contribution in [1.82, 2.24) is 10.2 Å². The minimum atomic E-state index is 0.0507. The van der Waals surface area contributed by atoms with Gasteiger partial charge in [0.1, 0.15) is 0 Å². The van der Waals surface area contributed by atoms with E-state index in [1.807, 2.05) is 11.8 Å². The molecule has 0 aromatic heterocycles. The zero-order valence-corrected chi connectivity index (χ0v) is 10.2. The van der Waals surface area contributed by atoms with Crippen LogP contribution in [0.15, 0.2) is 0 Å². The lowest BCUT2D eigenvalue weighted by Gasteiger charge is -2.29. The van der Waals surface area contributed by atoms with Crippen LogP contribution in [0.3, 0.4) is 0 Å². The molecule has 3 atom stereocenters. The van der Waals surface area contributed by atoms with Gasteiger partial charge in [-0.05, 0) is 26.3 Å². The molecule has 0 aromatic rings. The first-order valence-electron chi connectivity index (χ1n) is 6.35. The van der Waals surface area contributed by atoms with Gasteiger partial charge in [0.25, 0.3) is 0 Å². The Bertz CT molecular complexity index is 251. The highest BCUT2D eigenvalue weighted by Gasteiger charge is 2.37. The Hall–Kier alpha value is -0.610. The number of hydrogen-bond acceptors (Lipinski definition) is 3. The molecule has 0 aromatic carbocycles. The third-order valence-electron chi connectivity index (χ3n) is 3.83. The van der Waals surface area contributed by atoms with Crippen molar-refractivity contribution >= 4 is 5.91 Å². The van der Waals surface area contributed by atoms with Crippen molar-refractivity contribution in [2.24, 2.45) is 5.92 Å². The molecule has 0 spiro atoms. The summed E-state index contributed by atoms with van der Waals surface area (Å²) in [5, 5.41) is 3.25. The summed E-state index contributed by atoms with van der Waals surface area (Å²) in [6.07, 6.45) is 2.04. The molecular formula is C12H22N2O2. The predicted octanol–water partition coefficient (Wildman–Crippen LogP) is 0.622. The summed E-state index contributed by atoms with van der Waals surface area (Å²) in [5.74, 6) is 0.811. The lowest BCUT2D eigenvalue weighted by Crippen LogP contribution is -2.44. The summed E-state index contributed by atoms with van der Waals surface area (Å²) in [6, 6.07) is 0.383. The van der Waals surface area contributed by atoms with Gasteiger partial charge < -0.3 is 15.0 Å². The van der Waals surface area contributed by atoms with Crippen LogP contribution < -0.4 is 5.32 Å². The molecule has 2 saturated heterocycles. The average molecular weight is 226 g/mol. The summed E-state index contributed by atoms with van der Waals surface area (Å²) in [7, 11) is 0. The third-order valence-corrected chi connectivity index (χ3v) is 3.83. The Morgan fingerprint density at radius 1 is 1.56 bits per heavy atom. The number of amides is 1. The van der Waals surface area contributed by atoms with Crippen molar-refractivity contribution in [2.75, 3.05) is 26.3 Å². The predicted molar refractivity (Wildman–Crippen MR) is 62.2 cm³/mol. The summed E-state index contributed by atoms with van der Waals surface area (Å²) in [5.41, 5.74) is 0. The second-order valence-corrected chi connectivity index (χ2v) is 4.79. The van der Waals surface area contributed by atoms with E-state index in [1.54, 1.807) is 0 Å². The summed E-state index contributed by atoms with van der Waals surface area (Å²) in [6.45, 7) is 7.64. The van der Waals surface area contributed by atoms with Crippen LogP contribution >= 0.6 is 0 Å². The van der Waals surface area contributed by atoms with Crippen molar-refractivity contribution < 1.29 is 9.53 Å². The number of nitrogens with one attached hydrogen (secondary N) is 1. The maximum Gasteiger partial charge on any atom is 0.240 e. The largest absolute Gasteiger partial charge is 0.381 e. The van der Waals surface area contributed by atoms with Gasteiger partial charge in [-0.15, -0.1) is 0 Å². The molecule has 4 heteroatoms. The maximum absolute atomic E-state index is 12.1. The van der Waals surface area contributed by atoms with E-state index in [1.165, 1.54) is 0 Å². The molecule has 2 aliphatic heterocycles. The zero-order chi connectivity index (χ0) is 11.5. The number of rotatable bonds is 4. The van der Waals surface area contributed by atoms with Gasteiger partial charge in [-0.1, -0.05) is 6.92 Å². The van der Waals surface area contributed by atoms with Gasteiger partial charge >= 0.3 is 0 Å². The number of likely N-dealkylation sites (N-methyl/N-ethyl adjacent to an activating group) is 1. The van der Waals surface area contributed by atoms with E-state index in [-0.39, 0.29) is 11.9 Å². The molecule has 0 bridgehead atoms. The van der Waals surface area contributed by atoms with Crippen molar-refractivity contribution in [1.29, 1.82) is 0 Å². The smallest absolute Gasteiger partial charge is 0.240 e. The van der Waals surface area contributed by atoms with E-state index in [2.05, 4.69) is 12.2 Å². The van der Waals surface area contributed by atoms with Crippen LogP contribution in [0.2, 0.25) is 0 Å². The Balaban J connectivity index is 1.92. The minimum absolute atomic E-state index is 0.0507. The lowest BCUT2D eigenvalue weighted by atomic mass is 9.99. The standard InChI is InChI=1S/C12H22N2O2/c1-3-13-11-4-6-14(12(11)15)9(2)10-5-7-16-8-10/h9-11,13H,3-8H2,1-2H3. The number of likely N-dealkylation sites (tertiary alicyclic amines) is 1. The van der Waals surface area contributed by atoms with E-state index >= 15 is 0 Å². The van der Waals surface area contributed by atoms with Gasteiger partial charge in [-0.2, -0.15) is 0 Å². The quantitative estimate of drug-likeness (QED) is 0.764. The van der Waals surface area contributed by atoms with Crippen LogP contribution in [0.5, 0.6) is 0 Å². The van der Waals surface area contributed by atoms with E-state index in [0.717, 1.165) is 39.1 Å². The van der Waals surface area contributed by atoms with E-state index in [0.29, 0.717) is 12.0 Å². The van der Waals surface area contributed by atoms with Crippen molar-refractivity contribution in [2.45, 2.75) is 38.8 Å². The van der Waals surface area contributed by atoms with Gasteiger partial charge in [-0.25, -0.2) is 0 Å². The van der Waals surface area contributed by atoms with E-state index in [4.69, 9.17) is 4.74 Å². The molecule has 2 fully saturated rings. The van der Waals surface area contributed by atoms with Crippen LogP contribution in [0.1, 0.15) is 26.7 Å². The minimum Gasteiger partial charge on any atom is -0.381 e. The van der Waals surface area contributed by atoms with Gasteiger partial charge in [0.2, 0.25) is 5.91 Å². The zero-order valence-electron chi connectivity index (χ0n) is 10.2. The first-order valence-corrected chi connectivity index (χ1v) is 6.35. The molecule has 3 unspecified atom stereocenters. The first kappa shape index (κ1) is 11.9. The molecule has 2 aliphatic rings. The third kappa shape index (κ3) is 2.23. The van der Waals surface area contributed by atoms with Gasteiger partial charge in [0, 0.05) is 25.1 Å². The highest BCUT2D eigenvalue weighted by molar-refractivity contribution is 5.84. The first-order chi connectivity index (χ1) is 7.74. The molecule has 2 rings (SSSR count). The molecule has 4 nitrogen and oxygen atoms in total. The Kier molecular flexibility index (Phi) is 3.82. The molecule has 92 valence electrons. The van der Waals surface area contributed by atoms with Crippen LogP contribution in [-0.2, 0) is 9.53 Å². The molecular weight excluding hydrogens is 204 g/mol. The molecule has 1 amide bonds. The van der Waals surface area contributed by atoms with Crippen molar-refractivity contribution in [3.8, 4) is 0 Å². The Labute approximate surface area is 97.3 Å². The highest BCUT2D eigenvalue weighted by atomic mass is 16.5. The molecule has 0 saturated carbocycles. The van der Waals surface area contributed by atoms with Crippen LogP contribution in [0.4, 0.5) is 0 Å². The molecule has 1 N–H and O–H groups in total. The fourth-order valence-electron chi connectivity index (χ4n) is 2.73. The normalized spacial score (nSPS) is 32.4. The highest BCUT2D eigenvalue weighted by Crippen LogP contribution is 2.24. The summed E-state index contributed by atoms with van der Waals surface area (Å²) < 4.78 is 5.39. The van der Waals surface area contributed by atoms with E-state index < -0.39 is 0 Å². The topological polar surface area (TPSA) is 41.6 Å². The second kappa shape index (κ2) is 5.15. The number of carbonyl (C=O) groups excluding carboxylic acids is 1. The Morgan fingerprint density at radius 2 is 2.38 bits per heavy atom. The second-order valence-electron chi connectivity index (χ2n) is 4.79. The van der Waals surface area contributed by atoms with Crippen LogP contribution in [-0.4, -0.2) is 49.2 Å². The SMILES string of the molecule is CCNC1CCN(C(C)C2CCOC2)C1=O. The number of carbonyl (C=O) groups is 1. The van der Waals surface area contributed by atoms with Crippen LogP contribution in [0, 0.1) is 5.92 Å². The van der Waals surface area contributed by atoms with Gasteiger partial charge in [-0.3, -0.25) is 4.79 Å². The molecule has 0 radical (unpaired) electrons. The number of ether oxygens (including phenoxy) is 1. The van der Waals surface area contributed by atoms with Crippen molar-refractivity contribution in [3.63, 3.8) is 0 Å². The average Bonchev–Trinajstić information content (AvgIpc) is 2.89. The van der Waals surface area contributed by atoms with E-state index in [9.17, 15) is 4.79 Å². The fraction of sp³-hybridized carbons (Fsp3) is 0.917. The monoisotopic (exact) mass is 226 g/mol. The van der Waals surface area contributed by atoms with Crippen molar-refractivity contribution in [3.05, 3.63) is 0 Å². The van der Waals surface area contributed by atoms with Crippen LogP contribution in [0.25, 0.3) is 0 Å². The molecule has 16 heavy (non-hydrogen) atoms. The van der Waals surface area contributed by atoms with Gasteiger partial charge in [0.15, 0.2) is 0 Å². The molecule has 0 aliphatic carbocycles. The lowest BCUT2D eigenvalue weighted by molar-refractivity contribution is -0.132. The fourth-order valence-corrected chi connectivity index (χ4v) is 2.73.